The van der Waals surface area contributed by atoms with Crippen LogP contribution >= 0.6 is 0 Å². The molecule has 5 heteroatoms. The fourth-order valence-corrected chi connectivity index (χ4v) is 4.67. The van der Waals surface area contributed by atoms with Gasteiger partial charge in [-0.25, -0.2) is 4.79 Å². The smallest absolute Gasteiger partial charge is 0.317 e. The van der Waals surface area contributed by atoms with Crippen LogP contribution in [-0.2, 0) is 4.79 Å². The van der Waals surface area contributed by atoms with Crippen LogP contribution in [0.3, 0.4) is 0 Å². The number of nitrogens with zero attached hydrogens (tertiary/aromatic N) is 2. The van der Waals surface area contributed by atoms with Gasteiger partial charge in [-0.2, -0.15) is 0 Å². The molecule has 3 rings (SSSR count). The van der Waals surface area contributed by atoms with Crippen molar-refractivity contribution in [2.75, 3.05) is 26.2 Å². The Bertz CT molecular complexity index is 442. The van der Waals surface area contributed by atoms with Crippen LogP contribution in [0, 0.1) is 5.92 Å². The lowest BCUT2D eigenvalue weighted by Crippen LogP contribution is -2.46. The summed E-state index contributed by atoms with van der Waals surface area (Å²) in [7, 11) is 0. The molecule has 3 fully saturated rings. The van der Waals surface area contributed by atoms with Crippen molar-refractivity contribution < 1.29 is 9.59 Å². The van der Waals surface area contributed by atoms with Gasteiger partial charge in [-0.1, -0.05) is 44.9 Å². The van der Waals surface area contributed by atoms with Gasteiger partial charge in [0.05, 0.1) is 0 Å². The highest BCUT2D eigenvalue weighted by molar-refractivity contribution is 5.77. The monoisotopic (exact) mass is 349 g/mol. The molecule has 2 saturated carbocycles. The Morgan fingerprint density at radius 1 is 0.760 bits per heavy atom. The van der Waals surface area contributed by atoms with E-state index < -0.39 is 0 Å². The molecule has 25 heavy (non-hydrogen) atoms. The van der Waals surface area contributed by atoms with Crippen LogP contribution in [0.4, 0.5) is 4.79 Å². The van der Waals surface area contributed by atoms with Crippen LogP contribution in [-0.4, -0.2) is 54.0 Å². The topological polar surface area (TPSA) is 52.7 Å². The highest BCUT2D eigenvalue weighted by Crippen LogP contribution is 2.28. The zero-order valence-corrected chi connectivity index (χ0v) is 15.7. The Hall–Kier alpha value is -1.26. The first-order valence-corrected chi connectivity index (χ1v) is 10.6. The molecule has 0 radical (unpaired) electrons. The molecule has 2 aliphatic carbocycles. The minimum Gasteiger partial charge on any atom is -0.341 e. The number of nitrogens with one attached hydrogen (secondary N) is 1. The molecule has 1 N–H and O–H groups in total. The third-order valence-corrected chi connectivity index (χ3v) is 6.31. The van der Waals surface area contributed by atoms with Crippen LogP contribution in [0.5, 0.6) is 0 Å². The zero-order valence-electron chi connectivity index (χ0n) is 15.7. The normalized spacial score (nSPS) is 23.5. The van der Waals surface area contributed by atoms with E-state index in [0.29, 0.717) is 31.5 Å². The standard InChI is InChI=1S/C20H35N3O2/c24-19(12-11-17-7-4-5-8-17)22-13-6-14-23(16-15-22)20(25)21-18-9-2-1-3-10-18/h17-18H,1-16H2,(H,21,25). The molecule has 1 heterocycles. The summed E-state index contributed by atoms with van der Waals surface area (Å²) in [5.41, 5.74) is 0. The fraction of sp³-hybridized carbons (Fsp3) is 0.900. The van der Waals surface area contributed by atoms with Gasteiger partial charge in [-0.05, 0) is 31.6 Å². The van der Waals surface area contributed by atoms with E-state index in [-0.39, 0.29) is 6.03 Å². The van der Waals surface area contributed by atoms with Gasteiger partial charge < -0.3 is 15.1 Å². The van der Waals surface area contributed by atoms with E-state index in [1.165, 1.54) is 44.9 Å². The SMILES string of the molecule is O=C(CCC1CCCC1)N1CCCN(C(=O)NC2CCCCC2)CC1. The van der Waals surface area contributed by atoms with E-state index in [9.17, 15) is 9.59 Å². The van der Waals surface area contributed by atoms with Crippen molar-refractivity contribution >= 4 is 11.9 Å². The number of rotatable bonds is 4. The van der Waals surface area contributed by atoms with E-state index in [4.69, 9.17) is 0 Å². The van der Waals surface area contributed by atoms with Crippen LogP contribution in [0.25, 0.3) is 0 Å². The van der Waals surface area contributed by atoms with Crippen molar-refractivity contribution in [2.24, 2.45) is 5.92 Å². The average Bonchev–Trinajstić information content (AvgIpc) is 3.02. The molecule has 0 unspecified atom stereocenters. The molecule has 1 saturated heterocycles. The van der Waals surface area contributed by atoms with Crippen molar-refractivity contribution in [1.82, 2.24) is 15.1 Å². The predicted octanol–water partition coefficient (Wildman–Crippen LogP) is 3.53. The Balaban J connectivity index is 1.39. The minimum absolute atomic E-state index is 0.0761. The second kappa shape index (κ2) is 9.44. The number of carbonyl (C=O) groups excluding carboxylic acids is 2. The van der Waals surface area contributed by atoms with Gasteiger partial charge in [0.15, 0.2) is 0 Å². The van der Waals surface area contributed by atoms with Crippen LogP contribution < -0.4 is 5.32 Å². The molecular formula is C20H35N3O2. The van der Waals surface area contributed by atoms with Crippen molar-refractivity contribution in [3.05, 3.63) is 0 Å². The first-order valence-electron chi connectivity index (χ1n) is 10.6. The van der Waals surface area contributed by atoms with Gasteiger partial charge in [-0.15, -0.1) is 0 Å². The molecule has 5 nitrogen and oxygen atoms in total. The lowest BCUT2D eigenvalue weighted by atomic mass is 9.96. The maximum Gasteiger partial charge on any atom is 0.317 e. The maximum atomic E-state index is 12.5. The molecule has 0 aromatic carbocycles. The maximum absolute atomic E-state index is 12.5. The van der Waals surface area contributed by atoms with E-state index in [1.54, 1.807) is 0 Å². The summed E-state index contributed by atoms with van der Waals surface area (Å²) >= 11 is 0. The fourth-order valence-electron chi connectivity index (χ4n) is 4.67. The lowest BCUT2D eigenvalue weighted by Gasteiger charge is -2.27. The van der Waals surface area contributed by atoms with Gasteiger partial charge in [0.2, 0.25) is 5.91 Å². The Morgan fingerprint density at radius 3 is 2.16 bits per heavy atom. The number of carbonyl (C=O) groups is 2. The first kappa shape index (κ1) is 18.5. The van der Waals surface area contributed by atoms with Crippen molar-refractivity contribution in [3.8, 4) is 0 Å². The highest BCUT2D eigenvalue weighted by Gasteiger charge is 2.25. The minimum atomic E-state index is 0.0761. The van der Waals surface area contributed by atoms with Gasteiger partial charge in [-0.3, -0.25) is 4.79 Å². The largest absolute Gasteiger partial charge is 0.341 e. The summed E-state index contributed by atoms with van der Waals surface area (Å²) in [4.78, 5) is 28.9. The average molecular weight is 350 g/mol. The predicted molar refractivity (Wildman–Crippen MR) is 99.4 cm³/mol. The summed E-state index contributed by atoms with van der Waals surface area (Å²) in [6, 6.07) is 0.431. The summed E-state index contributed by atoms with van der Waals surface area (Å²) in [6.07, 6.45) is 13.9. The van der Waals surface area contributed by atoms with Crippen molar-refractivity contribution in [1.29, 1.82) is 0 Å². The second-order valence-corrected chi connectivity index (χ2v) is 8.19. The molecule has 0 spiro atoms. The molecule has 142 valence electrons. The van der Waals surface area contributed by atoms with E-state index in [1.807, 2.05) is 9.80 Å². The Kier molecular flexibility index (Phi) is 7.00. The van der Waals surface area contributed by atoms with Gasteiger partial charge in [0.1, 0.15) is 0 Å². The number of hydrogen-bond acceptors (Lipinski definition) is 2. The van der Waals surface area contributed by atoms with Crippen LogP contribution in [0.2, 0.25) is 0 Å². The second-order valence-electron chi connectivity index (χ2n) is 8.19. The van der Waals surface area contributed by atoms with E-state index in [0.717, 1.165) is 44.7 Å². The van der Waals surface area contributed by atoms with Gasteiger partial charge >= 0.3 is 6.03 Å². The molecule has 0 atom stereocenters. The molecule has 0 aromatic rings. The Labute approximate surface area is 152 Å². The van der Waals surface area contributed by atoms with Gasteiger partial charge in [0, 0.05) is 38.6 Å². The molecular weight excluding hydrogens is 314 g/mol. The van der Waals surface area contributed by atoms with E-state index in [2.05, 4.69) is 5.32 Å². The van der Waals surface area contributed by atoms with Crippen molar-refractivity contribution in [3.63, 3.8) is 0 Å². The molecule has 3 amide bonds. The molecule has 1 aliphatic heterocycles. The summed E-state index contributed by atoms with van der Waals surface area (Å²) < 4.78 is 0. The third kappa shape index (κ3) is 5.61. The Morgan fingerprint density at radius 2 is 1.40 bits per heavy atom. The first-order chi connectivity index (χ1) is 12.2. The summed E-state index contributed by atoms with van der Waals surface area (Å²) in [5.74, 6) is 1.06. The summed E-state index contributed by atoms with van der Waals surface area (Å²) in [5, 5.41) is 3.21. The lowest BCUT2D eigenvalue weighted by molar-refractivity contribution is -0.131. The molecule has 0 aromatic heterocycles. The van der Waals surface area contributed by atoms with Gasteiger partial charge in [0.25, 0.3) is 0 Å². The number of amides is 3. The number of hydrogen-bond donors (Lipinski definition) is 1. The number of urea groups is 1. The van der Waals surface area contributed by atoms with Crippen LogP contribution in [0.15, 0.2) is 0 Å². The van der Waals surface area contributed by atoms with Crippen molar-refractivity contribution in [2.45, 2.75) is 83.1 Å². The molecule has 0 bridgehead atoms. The highest BCUT2D eigenvalue weighted by atomic mass is 16.2. The third-order valence-electron chi connectivity index (χ3n) is 6.31. The zero-order chi connectivity index (χ0) is 17.5. The summed E-state index contributed by atoms with van der Waals surface area (Å²) in [6.45, 7) is 2.94. The molecule has 3 aliphatic rings. The quantitative estimate of drug-likeness (QED) is 0.844. The van der Waals surface area contributed by atoms with Crippen LogP contribution in [0.1, 0.15) is 77.0 Å². The van der Waals surface area contributed by atoms with E-state index >= 15 is 0 Å².